The fourth-order valence-electron chi connectivity index (χ4n) is 4.04. The average molecular weight is 348 g/mol. The second kappa shape index (κ2) is 6.13. The van der Waals surface area contributed by atoms with Gasteiger partial charge in [-0.2, -0.15) is 0 Å². The van der Waals surface area contributed by atoms with Gasteiger partial charge in [-0.1, -0.05) is 0 Å². The molecule has 6 nitrogen and oxygen atoms in total. The van der Waals surface area contributed by atoms with Crippen LogP contribution in [0.15, 0.2) is 18.2 Å². The number of carboxylic acids is 1. The minimum Gasteiger partial charge on any atom is -0.481 e. The Kier molecular flexibility index (Phi) is 4.26. The number of hydrogen-bond acceptors (Lipinski definition) is 3. The minimum absolute atomic E-state index is 0.0108. The van der Waals surface area contributed by atoms with Gasteiger partial charge in [-0.3, -0.25) is 14.4 Å². The molecule has 7 heteroatoms. The van der Waals surface area contributed by atoms with Crippen LogP contribution >= 0.6 is 0 Å². The maximum Gasteiger partial charge on any atom is 0.309 e. The van der Waals surface area contributed by atoms with E-state index in [1.54, 1.807) is 23.8 Å². The van der Waals surface area contributed by atoms with Crippen molar-refractivity contribution in [1.29, 1.82) is 0 Å². The lowest BCUT2D eigenvalue weighted by molar-refractivity contribution is -0.145. The van der Waals surface area contributed by atoms with Crippen LogP contribution in [-0.2, 0) is 9.59 Å². The van der Waals surface area contributed by atoms with Gasteiger partial charge in [0.1, 0.15) is 5.82 Å². The number of rotatable bonds is 2. The van der Waals surface area contributed by atoms with Crippen LogP contribution in [0.2, 0.25) is 0 Å². The van der Waals surface area contributed by atoms with E-state index >= 15 is 0 Å². The van der Waals surface area contributed by atoms with Gasteiger partial charge >= 0.3 is 5.97 Å². The molecule has 0 aromatic heterocycles. The van der Waals surface area contributed by atoms with Crippen LogP contribution in [0.4, 0.5) is 4.39 Å². The Morgan fingerprint density at radius 2 is 1.92 bits per heavy atom. The number of aliphatic carboxylic acids is 1. The zero-order valence-electron chi connectivity index (χ0n) is 14.3. The lowest BCUT2D eigenvalue weighted by atomic mass is 9.77. The number of aryl methyl sites for hydroxylation is 1. The fraction of sp³-hybridized carbons (Fsp3) is 0.500. The molecule has 2 fully saturated rings. The van der Waals surface area contributed by atoms with E-state index in [0.717, 1.165) is 0 Å². The van der Waals surface area contributed by atoms with E-state index in [2.05, 4.69) is 0 Å². The summed E-state index contributed by atoms with van der Waals surface area (Å²) in [5, 5.41) is 9.48. The first kappa shape index (κ1) is 17.4. The standard InChI is InChI=1S/C18H21FN2O4/c1-11-9-12(3-4-14(11)19)16(23)21-7-5-18(6-8-21)13(17(24)25)10-15(22)20(18)2/h3-4,9,13H,5-8,10H2,1-2H3,(H,24,25)/t13-/m1/s1. The van der Waals surface area contributed by atoms with Crippen LogP contribution in [0, 0.1) is 18.7 Å². The number of hydrogen-bond donors (Lipinski definition) is 1. The van der Waals surface area contributed by atoms with E-state index in [1.165, 1.54) is 18.2 Å². The van der Waals surface area contributed by atoms with Gasteiger partial charge in [0.25, 0.3) is 5.91 Å². The van der Waals surface area contributed by atoms with E-state index in [4.69, 9.17) is 0 Å². The molecule has 2 aliphatic rings. The maximum atomic E-state index is 13.4. The van der Waals surface area contributed by atoms with Crippen molar-refractivity contribution in [3.8, 4) is 0 Å². The lowest BCUT2D eigenvalue weighted by Gasteiger charge is -2.45. The van der Waals surface area contributed by atoms with E-state index in [-0.39, 0.29) is 24.1 Å². The first-order chi connectivity index (χ1) is 11.8. The van der Waals surface area contributed by atoms with Crippen molar-refractivity contribution in [3.63, 3.8) is 0 Å². The molecule has 2 amide bonds. The molecular formula is C18H21FN2O4. The Balaban J connectivity index is 1.76. The summed E-state index contributed by atoms with van der Waals surface area (Å²) in [7, 11) is 1.64. The van der Waals surface area contributed by atoms with Crippen molar-refractivity contribution in [3.05, 3.63) is 35.1 Å². The third-order valence-corrected chi connectivity index (χ3v) is 5.69. The highest BCUT2D eigenvalue weighted by Gasteiger charge is 2.55. The number of amides is 2. The number of carbonyl (C=O) groups is 3. The number of benzene rings is 1. The van der Waals surface area contributed by atoms with Crippen molar-refractivity contribution >= 4 is 17.8 Å². The normalized spacial score (nSPS) is 22.5. The molecule has 0 radical (unpaired) electrons. The monoisotopic (exact) mass is 348 g/mol. The van der Waals surface area contributed by atoms with E-state index in [0.29, 0.717) is 37.1 Å². The summed E-state index contributed by atoms with van der Waals surface area (Å²) in [6, 6.07) is 4.26. The van der Waals surface area contributed by atoms with Gasteiger partial charge in [0.2, 0.25) is 5.91 Å². The van der Waals surface area contributed by atoms with Gasteiger partial charge in [0.05, 0.1) is 11.5 Å². The van der Waals surface area contributed by atoms with E-state index < -0.39 is 17.4 Å². The molecule has 1 spiro atoms. The molecular weight excluding hydrogens is 327 g/mol. The van der Waals surface area contributed by atoms with Gasteiger partial charge in [0.15, 0.2) is 0 Å². The Labute approximate surface area is 145 Å². The van der Waals surface area contributed by atoms with Crippen LogP contribution in [0.25, 0.3) is 0 Å². The zero-order chi connectivity index (χ0) is 18.4. The lowest BCUT2D eigenvalue weighted by Crippen LogP contribution is -2.56. The van der Waals surface area contributed by atoms with Crippen LogP contribution < -0.4 is 0 Å². The van der Waals surface area contributed by atoms with Crippen LogP contribution in [0.1, 0.15) is 35.2 Å². The number of piperidine rings is 1. The molecule has 0 saturated carbocycles. The second-order valence-corrected chi connectivity index (χ2v) is 6.91. The fourth-order valence-corrected chi connectivity index (χ4v) is 4.04. The van der Waals surface area contributed by atoms with Crippen LogP contribution in [-0.4, -0.2) is 58.4 Å². The third kappa shape index (κ3) is 2.77. The molecule has 1 aromatic carbocycles. The summed E-state index contributed by atoms with van der Waals surface area (Å²) in [5.74, 6) is -2.43. The average Bonchev–Trinajstić information content (AvgIpc) is 2.83. The first-order valence-corrected chi connectivity index (χ1v) is 8.31. The van der Waals surface area contributed by atoms with E-state index in [9.17, 15) is 23.9 Å². The molecule has 2 saturated heterocycles. The van der Waals surface area contributed by atoms with Gasteiger partial charge in [-0.15, -0.1) is 0 Å². The highest BCUT2D eigenvalue weighted by Crippen LogP contribution is 2.43. The largest absolute Gasteiger partial charge is 0.481 e. The van der Waals surface area contributed by atoms with Crippen molar-refractivity contribution in [1.82, 2.24) is 9.80 Å². The molecule has 0 unspecified atom stereocenters. The molecule has 25 heavy (non-hydrogen) atoms. The summed E-state index contributed by atoms with van der Waals surface area (Å²) in [4.78, 5) is 39.4. The summed E-state index contributed by atoms with van der Waals surface area (Å²) < 4.78 is 13.4. The molecule has 0 bridgehead atoms. The number of nitrogens with zero attached hydrogens (tertiary/aromatic N) is 2. The first-order valence-electron chi connectivity index (χ1n) is 8.31. The van der Waals surface area contributed by atoms with Crippen molar-refractivity contribution in [2.75, 3.05) is 20.1 Å². The topological polar surface area (TPSA) is 77.9 Å². The summed E-state index contributed by atoms with van der Waals surface area (Å²) in [6.45, 7) is 2.35. The SMILES string of the molecule is Cc1cc(C(=O)N2CCC3(CC2)[C@@H](C(=O)O)CC(=O)N3C)ccc1F. The zero-order valence-corrected chi connectivity index (χ0v) is 14.3. The molecule has 2 aliphatic heterocycles. The van der Waals surface area contributed by atoms with Gasteiger partial charge in [-0.05, 0) is 43.5 Å². The Bertz CT molecular complexity index is 741. The number of carboxylic acid groups (broad SMARTS) is 1. The van der Waals surface area contributed by atoms with Crippen LogP contribution in [0.3, 0.4) is 0 Å². The molecule has 1 atom stereocenters. The van der Waals surface area contributed by atoms with Crippen molar-refractivity contribution in [2.24, 2.45) is 5.92 Å². The predicted octanol–water partition coefficient (Wildman–Crippen LogP) is 1.67. The highest BCUT2D eigenvalue weighted by atomic mass is 19.1. The van der Waals surface area contributed by atoms with Crippen molar-refractivity contribution in [2.45, 2.75) is 31.7 Å². The van der Waals surface area contributed by atoms with Crippen LogP contribution in [0.5, 0.6) is 0 Å². The predicted molar refractivity (Wildman–Crippen MR) is 87.5 cm³/mol. The molecule has 2 heterocycles. The smallest absolute Gasteiger partial charge is 0.309 e. The third-order valence-electron chi connectivity index (χ3n) is 5.69. The summed E-state index contributed by atoms with van der Waals surface area (Å²) in [6.07, 6.45) is 0.868. The van der Waals surface area contributed by atoms with Crippen molar-refractivity contribution < 1.29 is 23.9 Å². The minimum atomic E-state index is -0.966. The number of likely N-dealkylation sites (tertiary alicyclic amines) is 2. The Hall–Kier alpha value is -2.44. The molecule has 0 aliphatic carbocycles. The van der Waals surface area contributed by atoms with Gasteiger partial charge in [0, 0.05) is 32.1 Å². The molecule has 134 valence electrons. The highest BCUT2D eigenvalue weighted by molar-refractivity contribution is 5.94. The summed E-state index contributed by atoms with van der Waals surface area (Å²) >= 11 is 0. The summed E-state index contributed by atoms with van der Waals surface area (Å²) in [5.41, 5.74) is 0.102. The molecule has 3 rings (SSSR count). The second-order valence-electron chi connectivity index (χ2n) is 6.91. The molecule has 1 aromatic rings. The maximum absolute atomic E-state index is 13.4. The Morgan fingerprint density at radius 3 is 2.48 bits per heavy atom. The molecule has 1 N–H and O–H groups in total. The Morgan fingerprint density at radius 1 is 1.28 bits per heavy atom. The number of halogens is 1. The number of carbonyl (C=O) groups excluding carboxylic acids is 2. The van der Waals surface area contributed by atoms with Gasteiger partial charge in [-0.25, -0.2) is 4.39 Å². The quantitative estimate of drug-likeness (QED) is 0.882. The van der Waals surface area contributed by atoms with E-state index in [1.807, 2.05) is 0 Å². The van der Waals surface area contributed by atoms with Gasteiger partial charge < -0.3 is 14.9 Å².